The average molecular weight is 671 g/mol. The summed E-state index contributed by atoms with van der Waals surface area (Å²) < 4.78 is 28.5. The van der Waals surface area contributed by atoms with E-state index in [9.17, 15) is 27.9 Å². The minimum Gasteiger partial charge on any atom is -0.453 e. The zero-order valence-electron chi connectivity index (χ0n) is 27.9. The zero-order chi connectivity index (χ0) is 34.2. The minimum atomic E-state index is -3.84. The molecule has 6 atom stereocenters. The molecule has 1 saturated heterocycles. The number of hydrogen-bond donors (Lipinski definition) is 4. The van der Waals surface area contributed by atoms with Gasteiger partial charge in [0.25, 0.3) is 0 Å². The molecular weight excluding hydrogens is 620 g/mol. The molecule has 2 aromatic rings. The number of piperidine rings is 1. The van der Waals surface area contributed by atoms with Crippen LogP contribution >= 0.6 is 0 Å². The Balaban J connectivity index is 1.58. The van der Waals surface area contributed by atoms with Crippen LogP contribution in [0, 0.1) is 11.8 Å². The molecular formula is C35H50N4O7S. The molecule has 2 fully saturated rings. The Bertz CT molecular complexity index is 1450. The quantitative estimate of drug-likeness (QED) is 0.254. The van der Waals surface area contributed by atoms with Crippen molar-refractivity contribution in [1.29, 1.82) is 0 Å². The second-order valence-electron chi connectivity index (χ2n) is 13.5. The number of aliphatic hydroxyl groups is 1. The highest BCUT2D eigenvalue weighted by molar-refractivity contribution is 7.92. The molecule has 1 aliphatic heterocycles. The molecule has 4 rings (SSSR count). The van der Waals surface area contributed by atoms with Crippen LogP contribution in [0.1, 0.15) is 57.1 Å². The van der Waals surface area contributed by atoms with Crippen LogP contribution in [0.3, 0.4) is 0 Å². The maximum atomic E-state index is 13.8. The number of nitrogens with zero attached hydrogens (tertiary/aromatic N) is 1. The van der Waals surface area contributed by atoms with E-state index in [1.54, 1.807) is 0 Å². The molecule has 47 heavy (non-hydrogen) atoms. The van der Waals surface area contributed by atoms with Crippen molar-refractivity contribution < 1.29 is 32.6 Å². The summed E-state index contributed by atoms with van der Waals surface area (Å²) >= 11 is 0. The first-order chi connectivity index (χ1) is 22.3. The van der Waals surface area contributed by atoms with Crippen LogP contribution < -0.4 is 16.0 Å². The first-order valence-electron chi connectivity index (χ1n) is 16.4. The fourth-order valence-corrected chi connectivity index (χ4v) is 7.40. The molecule has 4 N–H and O–H groups in total. The van der Waals surface area contributed by atoms with E-state index in [2.05, 4.69) is 16.0 Å². The normalized spacial score (nSPS) is 22.2. The van der Waals surface area contributed by atoms with Crippen molar-refractivity contribution in [1.82, 2.24) is 20.9 Å². The lowest BCUT2D eigenvalue weighted by molar-refractivity contribution is -0.132. The lowest BCUT2D eigenvalue weighted by atomic mass is 9.72. The monoisotopic (exact) mass is 670 g/mol. The van der Waals surface area contributed by atoms with Gasteiger partial charge >= 0.3 is 6.09 Å². The molecule has 2 aliphatic rings. The molecule has 1 saturated carbocycles. The number of carbonyl (C=O) groups excluding carboxylic acids is 3. The van der Waals surface area contributed by atoms with Crippen molar-refractivity contribution in [2.24, 2.45) is 11.8 Å². The van der Waals surface area contributed by atoms with Crippen LogP contribution in [0.25, 0.3) is 0 Å². The van der Waals surface area contributed by atoms with Crippen molar-refractivity contribution >= 4 is 27.7 Å². The van der Waals surface area contributed by atoms with E-state index in [1.165, 1.54) is 13.8 Å². The van der Waals surface area contributed by atoms with Crippen LogP contribution in [0.15, 0.2) is 60.7 Å². The number of hydrogen-bond acceptors (Lipinski definition) is 8. The smallest absolute Gasteiger partial charge is 0.407 e. The van der Waals surface area contributed by atoms with Gasteiger partial charge in [-0.1, -0.05) is 79.9 Å². The maximum Gasteiger partial charge on any atom is 0.407 e. The summed E-state index contributed by atoms with van der Waals surface area (Å²) in [5.74, 6) is -0.00628. The molecule has 0 spiro atoms. The molecule has 0 bridgehead atoms. The summed E-state index contributed by atoms with van der Waals surface area (Å²) in [6, 6.07) is 16.2. The SMILES string of the molecule is COC(=O)NC(C(=O)NC(Cc1ccccc1)C(O)CN1CC2CCCCC2CC1C(=O)NCc1ccccc1)C(C)(C)S(C)(=O)=O. The van der Waals surface area contributed by atoms with E-state index in [0.29, 0.717) is 31.3 Å². The molecule has 0 aromatic heterocycles. The summed E-state index contributed by atoms with van der Waals surface area (Å²) in [4.78, 5) is 41.8. The molecule has 1 aliphatic carbocycles. The Labute approximate surface area is 278 Å². The van der Waals surface area contributed by atoms with Crippen LogP contribution in [0.2, 0.25) is 0 Å². The van der Waals surface area contributed by atoms with Gasteiger partial charge < -0.3 is 25.8 Å². The third kappa shape index (κ3) is 9.55. The number of alkyl carbamates (subject to hydrolysis) is 1. The van der Waals surface area contributed by atoms with Gasteiger partial charge in [-0.25, -0.2) is 13.2 Å². The second-order valence-corrected chi connectivity index (χ2v) is 16.1. The Kier molecular flexibility index (Phi) is 12.4. The molecule has 11 nitrogen and oxygen atoms in total. The number of carbonyl (C=O) groups is 3. The summed E-state index contributed by atoms with van der Waals surface area (Å²) in [7, 11) is -2.71. The van der Waals surface area contributed by atoms with Gasteiger partial charge in [0.15, 0.2) is 9.84 Å². The Morgan fingerprint density at radius 2 is 1.55 bits per heavy atom. The molecule has 2 aromatic carbocycles. The first kappa shape index (κ1) is 36.4. The second kappa shape index (κ2) is 16.1. The van der Waals surface area contributed by atoms with Gasteiger partial charge in [0.05, 0.1) is 30.0 Å². The number of likely N-dealkylation sites (tertiary alicyclic amines) is 1. The number of nitrogens with one attached hydrogen (secondary N) is 3. The molecule has 12 heteroatoms. The minimum absolute atomic E-state index is 0.0917. The van der Waals surface area contributed by atoms with E-state index in [0.717, 1.165) is 50.2 Å². The number of rotatable bonds is 13. The van der Waals surface area contributed by atoms with Gasteiger partial charge in [0.1, 0.15) is 6.04 Å². The third-order valence-electron chi connectivity index (χ3n) is 9.99. The van der Waals surface area contributed by atoms with Crippen molar-refractivity contribution in [3.8, 4) is 0 Å². The van der Waals surface area contributed by atoms with E-state index in [-0.39, 0.29) is 18.9 Å². The fourth-order valence-electron chi connectivity index (χ4n) is 6.81. The van der Waals surface area contributed by atoms with E-state index in [4.69, 9.17) is 4.74 Å². The average Bonchev–Trinajstić information content (AvgIpc) is 3.05. The summed E-state index contributed by atoms with van der Waals surface area (Å²) in [5, 5.41) is 20.2. The lowest BCUT2D eigenvalue weighted by Crippen LogP contribution is -2.63. The topological polar surface area (TPSA) is 154 Å². The number of β-amino-alcohol motifs (C(OH)–C–C–N with tert-alkyl or cyclic N) is 1. The Morgan fingerprint density at radius 1 is 0.957 bits per heavy atom. The first-order valence-corrected chi connectivity index (χ1v) is 18.3. The largest absolute Gasteiger partial charge is 0.453 e. The standard InChI is InChI=1S/C35H50N4O7S/c1-35(2,47(4,44)45)31(38-34(43)46-3)33(42)37-28(19-24-13-7-5-8-14-24)30(40)23-39-22-27-18-12-11-17-26(27)20-29(39)32(41)36-21-25-15-9-6-10-16-25/h5-10,13-16,26-31,40H,11-12,17-23H2,1-4H3,(H,36,41)(H,37,42)(H,38,43). The van der Waals surface area contributed by atoms with Crippen molar-refractivity contribution in [2.45, 2.75) is 87.9 Å². The summed E-state index contributed by atoms with van der Waals surface area (Å²) in [5.41, 5.74) is 1.84. The van der Waals surface area contributed by atoms with E-state index >= 15 is 0 Å². The molecule has 1 heterocycles. The highest BCUT2D eigenvalue weighted by atomic mass is 32.2. The summed E-state index contributed by atoms with van der Waals surface area (Å²) in [6.07, 6.45) is 4.30. The van der Waals surface area contributed by atoms with Crippen molar-refractivity contribution in [3.05, 3.63) is 71.8 Å². The molecule has 0 radical (unpaired) electrons. The summed E-state index contributed by atoms with van der Waals surface area (Å²) in [6.45, 7) is 3.90. The van der Waals surface area contributed by atoms with Crippen LogP contribution in [-0.4, -0.2) is 91.8 Å². The number of benzene rings is 2. The maximum absolute atomic E-state index is 13.8. The fraction of sp³-hybridized carbons (Fsp3) is 0.571. The Hall–Kier alpha value is -3.48. The van der Waals surface area contributed by atoms with Crippen LogP contribution in [-0.2, 0) is 37.1 Å². The predicted molar refractivity (Wildman–Crippen MR) is 180 cm³/mol. The molecule has 3 amide bonds. The predicted octanol–water partition coefficient (Wildman–Crippen LogP) is 2.82. The third-order valence-corrected chi connectivity index (χ3v) is 12.1. The van der Waals surface area contributed by atoms with Gasteiger partial charge in [-0.3, -0.25) is 14.5 Å². The van der Waals surface area contributed by atoms with Gasteiger partial charge in [-0.15, -0.1) is 0 Å². The number of fused-ring (bicyclic) bond motifs is 1. The van der Waals surface area contributed by atoms with Crippen LogP contribution in [0.5, 0.6) is 0 Å². The molecule has 258 valence electrons. The Morgan fingerprint density at radius 3 is 2.15 bits per heavy atom. The van der Waals surface area contributed by atoms with Crippen LogP contribution in [0.4, 0.5) is 4.79 Å². The highest BCUT2D eigenvalue weighted by Gasteiger charge is 2.46. The van der Waals surface area contributed by atoms with E-state index < -0.39 is 50.8 Å². The van der Waals surface area contributed by atoms with Crippen molar-refractivity contribution in [2.75, 3.05) is 26.5 Å². The van der Waals surface area contributed by atoms with Gasteiger partial charge in [-0.05, 0) is 56.1 Å². The van der Waals surface area contributed by atoms with Gasteiger partial charge in [0.2, 0.25) is 11.8 Å². The molecule has 6 unspecified atom stereocenters. The van der Waals surface area contributed by atoms with Gasteiger partial charge in [-0.2, -0.15) is 0 Å². The number of ether oxygens (including phenoxy) is 1. The highest BCUT2D eigenvalue weighted by Crippen LogP contribution is 2.39. The number of methoxy groups -OCH3 is 1. The zero-order valence-corrected chi connectivity index (χ0v) is 28.7. The lowest BCUT2D eigenvalue weighted by Gasteiger charge is -2.46. The van der Waals surface area contributed by atoms with Crippen molar-refractivity contribution in [3.63, 3.8) is 0 Å². The number of amides is 3. The van der Waals surface area contributed by atoms with E-state index in [1.807, 2.05) is 65.6 Å². The van der Waals surface area contributed by atoms with Gasteiger partial charge in [0, 0.05) is 25.9 Å². The number of sulfone groups is 1. The number of aliphatic hydroxyl groups excluding tert-OH is 1.